The van der Waals surface area contributed by atoms with Crippen molar-refractivity contribution in [3.63, 3.8) is 0 Å². The van der Waals surface area contributed by atoms with Crippen LogP contribution in [0, 0.1) is 5.82 Å². The van der Waals surface area contributed by atoms with Gasteiger partial charge in [-0.2, -0.15) is 0 Å². The van der Waals surface area contributed by atoms with Crippen LogP contribution in [-0.4, -0.2) is 20.3 Å². The van der Waals surface area contributed by atoms with Crippen molar-refractivity contribution in [3.8, 4) is 22.5 Å². The van der Waals surface area contributed by atoms with Gasteiger partial charge in [-0.3, -0.25) is 9.78 Å². The third-order valence-corrected chi connectivity index (χ3v) is 4.78. The summed E-state index contributed by atoms with van der Waals surface area (Å²) in [6.07, 6.45) is 7.93. The normalized spacial score (nSPS) is 11.0. The first-order chi connectivity index (χ1) is 14.7. The summed E-state index contributed by atoms with van der Waals surface area (Å²) in [7, 11) is 0. The largest absolute Gasteiger partial charge is 0.451 e. The summed E-state index contributed by atoms with van der Waals surface area (Å²) >= 11 is 0. The van der Waals surface area contributed by atoms with E-state index in [4.69, 9.17) is 4.42 Å². The summed E-state index contributed by atoms with van der Waals surface area (Å²) in [5, 5.41) is 2.86. The molecule has 0 saturated heterocycles. The molecule has 0 aliphatic heterocycles. The van der Waals surface area contributed by atoms with Crippen LogP contribution < -0.4 is 5.32 Å². The summed E-state index contributed by atoms with van der Waals surface area (Å²) < 4.78 is 20.3. The van der Waals surface area contributed by atoms with Gasteiger partial charge >= 0.3 is 0 Å². The molecule has 0 atom stereocenters. The first-order valence-electron chi connectivity index (χ1n) is 9.20. The molecule has 1 amide bonds. The Morgan fingerprint density at radius 3 is 2.63 bits per heavy atom. The topological polar surface area (TPSA) is 72.4 Å². The van der Waals surface area contributed by atoms with E-state index in [9.17, 15) is 9.18 Å². The molecule has 30 heavy (non-hydrogen) atoms. The number of nitrogens with one attached hydrogen (secondary N) is 1. The molecule has 5 rings (SSSR count). The van der Waals surface area contributed by atoms with E-state index in [0.29, 0.717) is 22.6 Å². The number of amides is 1. The molecule has 146 valence electrons. The summed E-state index contributed by atoms with van der Waals surface area (Å²) in [4.78, 5) is 21.3. The smallest absolute Gasteiger partial charge is 0.257 e. The number of pyridine rings is 2. The van der Waals surface area contributed by atoms with Crippen molar-refractivity contribution in [1.29, 1.82) is 0 Å². The number of halogens is 1. The van der Waals surface area contributed by atoms with Crippen LogP contribution in [0.25, 0.3) is 28.0 Å². The van der Waals surface area contributed by atoms with Crippen LogP contribution in [0.2, 0.25) is 0 Å². The Balaban J connectivity index is 1.64. The van der Waals surface area contributed by atoms with Crippen LogP contribution >= 0.6 is 0 Å². The van der Waals surface area contributed by atoms with Crippen LogP contribution in [-0.2, 0) is 0 Å². The van der Waals surface area contributed by atoms with Gasteiger partial charge in [0, 0.05) is 17.9 Å². The zero-order chi connectivity index (χ0) is 20.5. The van der Waals surface area contributed by atoms with Crippen molar-refractivity contribution in [2.24, 2.45) is 0 Å². The molecule has 0 aliphatic carbocycles. The Bertz CT molecular complexity index is 1330. The predicted octanol–water partition coefficient (Wildman–Crippen LogP) is 5.05. The van der Waals surface area contributed by atoms with Gasteiger partial charge in [-0.25, -0.2) is 9.37 Å². The number of carbonyl (C=O) groups is 1. The number of fused-ring (bicyclic) bond motifs is 1. The lowest BCUT2D eigenvalue weighted by atomic mass is 10.1. The van der Waals surface area contributed by atoms with Crippen molar-refractivity contribution in [2.45, 2.75) is 0 Å². The number of benzene rings is 1. The second-order valence-electron chi connectivity index (χ2n) is 6.70. The quantitative estimate of drug-likeness (QED) is 0.460. The van der Waals surface area contributed by atoms with Crippen molar-refractivity contribution >= 4 is 17.1 Å². The Morgan fingerprint density at radius 2 is 1.90 bits per heavy atom. The van der Waals surface area contributed by atoms with Crippen LogP contribution in [0.5, 0.6) is 0 Å². The highest BCUT2D eigenvalue weighted by Gasteiger charge is 2.21. The fourth-order valence-electron chi connectivity index (χ4n) is 3.38. The molecule has 0 radical (unpaired) electrons. The minimum Gasteiger partial charge on any atom is -0.451 e. The average Bonchev–Trinajstić information content (AvgIpc) is 3.42. The summed E-state index contributed by atoms with van der Waals surface area (Å²) in [6, 6.07) is 15.4. The van der Waals surface area contributed by atoms with E-state index < -0.39 is 0 Å². The molecular formula is C23H15FN4O2. The first kappa shape index (κ1) is 17.8. The van der Waals surface area contributed by atoms with Crippen molar-refractivity contribution in [2.75, 3.05) is 5.32 Å². The summed E-state index contributed by atoms with van der Waals surface area (Å²) in [5.41, 5.74) is 4.73. The minimum absolute atomic E-state index is 0.284. The number of aromatic nitrogens is 3. The van der Waals surface area contributed by atoms with E-state index in [1.807, 2.05) is 22.7 Å². The molecule has 4 heterocycles. The van der Waals surface area contributed by atoms with E-state index in [1.165, 1.54) is 24.8 Å². The van der Waals surface area contributed by atoms with E-state index in [0.717, 1.165) is 16.6 Å². The molecule has 0 bridgehead atoms. The van der Waals surface area contributed by atoms with Gasteiger partial charge in [0.2, 0.25) is 0 Å². The lowest BCUT2D eigenvalue weighted by Crippen LogP contribution is -2.12. The number of rotatable bonds is 4. The first-order valence-corrected chi connectivity index (χ1v) is 9.20. The van der Waals surface area contributed by atoms with Crippen LogP contribution in [0.3, 0.4) is 0 Å². The number of oxazole rings is 1. The highest BCUT2D eigenvalue weighted by Crippen LogP contribution is 2.30. The molecule has 5 aromatic rings. The van der Waals surface area contributed by atoms with Crippen molar-refractivity contribution in [3.05, 3.63) is 97.2 Å². The number of hydrogen-bond acceptors (Lipinski definition) is 4. The maximum atomic E-state index is 13.3. The molecule has 7 heteroatoms. The van der Waals surface area contributed by atoms with Gasteiger partial charge in [0.1, 0.15) is 17.8 Å². The second kappa shape index (κ2) is 7.29. The van der Waals surface area contributed by atoms with Gasteiger partial charge in [-0.15, -0.1) is 0 Å². The molecule has 1 N–H and O–H groups in total. The van der Waals surface area contributed by atoms with E-state index >= 15 is 0 Å². The van der Waals surface area contributed by atoms with Crippen LogP contribution in [0.15, 0.2) is 90.3 Å². The Kier molecular flexibility index (Phi) is 4.33. The van der Waals surface area contributed by atoms with Crippen molar-refractivity contribution < 1.29 is 13.6 Å². The Morgan fingerprint density at radius 1 is 1.07 bits per heavy atom. The SMILES string of the molecule is O=C(Nc1cccnc1)c1cc2ccc(-c3ccc(F)cc3)cn2c1-c1cocn1. The monoisotopic (exact) mass is 398 g/mol. The zero-order valence-electron chi connectivity index (χ0n) is 15.6. The lowest BCUT2D eigenvalue weighted by molar-refractivity contribution is 0.102. The van der Waals surface area contributed by atoms with Gasteiger partial charge in [0.05, 0.1) is 23.1 Å². The summed E-state index contributed by atoms with van der Waals surface area (Å²) in [6.45, 7) is 0. The standard InChI is InChI=1S/C23H15FN4O2/c24-17-6-3-15(4-7-17)16-5-8-19-10-20(23(29)27-18-2-1-9-25-11-18)22(28(19)12-16)21-13-30-14-26-21/h1-14H,(H,27,29). The van der Waals surface area contributed by atoms with Crippen LogP contribution in [0.1, 0.15) is 10.4 Å². The maximum Gasteiger partial charge on any atom is 0.257 e. The average molecular weight is 398 g/mol. The number of hydrogen-bond donors (Lipinski definition) is 1. The number of anilines is 1. The highest BCUT2D eigenvalue weighted by atomic mass is 19.1. The van der Waals surface area contributed by atoms with Gasteiger partial charge < -0.3 is 14.1 Å². The molecule has 0 aliphatic rings. The minimum atomic E-state index is -0.293. The molecule has 0 fully saturated rings. The third kappa shape index (κ3) is 3.22. The molecular weight excluding hydrogens is 383 g/mol. The summed E-state index contributed by atoms with van der Waals surface area (Å²) in [5.74, 6) is -0.577. The number of nitrogens with zero attached hydrogens (tertiary/aromatic N) is 3. The maximum absolute atomic E-state index is 13.3. The van der Waals surface area contributed by atoms with Crippen molar-refractivity contribution in [1.82, 2.24) is 14.4 Å². The second-order valence-corrected chi connectivity index (χ2v) is 6.70. The molecule has 0 spiro atoms. The third-order valence-electron chi connectivity index (χ3n) is 4.78. The van der Waals surface area contributed by atoms with E-state index in [1.54, 1.807) is 42.7 Å². The molecule has 1 aromatic carbocycles. The molecule has 6 nitrogen and oxygen atoms in total. The van der Waals surface area contributed by atoms with Gasteiger partial charge in [-0.05, 0) is 47.5 Å². The highest BCUT2D eigenvalue weighted by molar-refractivity contribution is 6.09. The van der Waals surface area contributed by atoms with Gasteiger partial charge in [0.25, 0.3) is 5.91 Å². The Hall–Kier alpha value is -4.26. The fourth-order valence-corrected chi connectivity index (χ4v) is 3.38. The van der Waals surface area contributed by atoms with Gasteiger partial charge in [-0.1, -0.05) is 18.2 Å². The molecule has 4 aromatic heterocycles. The van der Waals surface area contributed by atoms with Gasteiger partial charge in [0.15, 0.2) is 6.39 Å². The Labute approximate surface area is 170 Å². The van der Waals surface area contributed by atoms with E-state index in [-0.39, 0.29) is 11.7 Å². The lowest BCUT2D eigenvalue weighted by Gasteiger charge is -2.07. The molecule has 0 saturated carbocycles. The van der Waals surface area contributed by atoms with E-state index in [2.05, 4.69) is 15.3 Å². The van der Waals surface area contributed by atoms with Crippen LogP contribution in [0.4, 0.5) is 10.1 Å². The predicted molar refractivity (Wildman–Crippen MR) is 110 cm³/mol. The fraction of sp³-hybridized carbons (Fsp3) is 0. The number of carbonyl (C=O) groups excluding carboxylic acids is 1. The molecule has 0 unspecified atom stereocenters. The zero-order valence-corrected chi connectivity index (χ0v) is 15.6.